The van der Waals surface area contributed by atoms with Gasteiger partial charge in [0.2, 0.25) is 0 Å². The van der Waals surface area contributed by atoms with Gasteiger partial charge in [-0.1, -0.05) is 229 Å². The van der Waals surface area contributed by atoms with E-state index in [0.29, 0.717) is 0 Å². The molecule has 4 rings (SSSR count). The summed E-state index contributed by atoms with van der Waals surface area (Å²) in [5.74, 6) is -0.290. The van der Waals surface area contributed by atoms with Gasteiger partial charge in [0.15, 0.2) is 0 Å². The van der Waals surface area contributed by atoms with Crippen molar-refractivity contribution in [1.82, 2.24) is 0 Å². The summed E-state index contributed by atoms with van der Waals surface area (Å²) in [5, 5.41) is 69.4. The molecule has 402 valence electrons. The first kappa shape index (κ1) is 69.8. The Kier molecular flexibility index (Phi) is 24.1. The molecule has 0 saturated heterocycles. The van der Waals surface area contributed by atoms with Crippen LogP contribution >= 0.6 is 0 Å². The van der Waals surface area contributed by atoms with Crippen molar-refractivity contribution >= 4 is 0 Å². The summed E-state index contributed by atoms with van der Waals surface area (Å²) in [6.45, 7) is 58.0. The van der Waals surface area contributed by atoms with Gasteiger partial charge in [0.05, 0.1) is 12.1 Å². The van der Waals surface area contributed by atoms with Crippen molar-refractivity contribution in [3.8, 4) is 35.1 Å². The summed E-state index contributed by atoms with van der Waals surface area (Å²) in [6, 6.07) is 20.0. The number of nitriles is 2. The molecule has 0 bridgehead atoms. The minimum Gasteiger partial charge on any atom is -2.00 e. The Hall–Kier alpha value is -4.29. The average molecular weight is 1070 g/mol. The van der Waals surface area contributed by atoms with E-state index >= 15 is 0 Å². The van der Waals surface area contributed by atoms with E-state index in [1.807, 2.05) is 38.1 Å². The van der Waals surface area contributed by atoms with Gasteiger partial charge < -0.3 is 25.9 Å². The Morgan fingerprint density at radius 1 is 0.319 bits per heavy atom. The zero-order valence-electron chi connectivity index (χ0n) is 50.1. The molecule has 0 spiro atoms. The van der Waals surface area contributed by atoms with Crippen LogP contribution in [0.15, 0.2) is 48.5 Å². The predicted molar refractivity (Wildman–Crippen MR) is 291 cm³/mol. The molecule has 0 heterocycles. The van der Waals surface area contributed by atoms with Crippen LogP contribution in [0.3, 0.4) is 0 Å². The van der Waals surface area contributed by atoms with E-state index in [2.05, 4.69) is 190 Å². The SMILES string of the molecule is CC#N.CC#N.CC(c1cc(C(C)(C)C)cc(C(C)(C)C)c1[O-])c1cc(C(C)(C)C)cc(C(C)(C)C)c1[O-].CC(c1cc(C(C)(C)C)cc(C(C)(C)C)c1[O-])c1cc(C(C)(C)C)cc(C(C)(C)C)c1[O-].[Mo].[O-2]. The van der Waals surface area contributed by atoms with E-state index in [1.54, 1.807) is 12.1 Å². The molecule has 7 nitrogen and oxygen atoms in total. The van der Waals surface area contributed by atoms with E-state index in [1.165, 1.54) is 13.8 Å². The normalized spacial score (nSPS) is 12.4. The Balaban J connectivity index is 0. The van der Waals surface area contributed by atoms with Gasteiger partial charge in [-0.3, -0.25) is 0 Å². The standard InChI is InChI=1S/2C30H46O2.2C2H3N.Mo.O/c2*1-18(21-14-19(27(2,3)4)16-23(25(21)31)29(8,9)10)22-15-20(28(5,6)7)17-24(26(22)32)30(11,12)13;2*1-2-3;;/h2*14-18,31-32H,1-13H3;2*1H3;;/q;;;;;-2/p-4. The van der Waals surface area contributed by atoms with Crippen molar-refractivity contribution in [2.75, 3.05) is 0 Å². The molecular formula is C64H94MoN2O5-6. The molecule has 0 aromatic heterocycles. The third kappa shape index (κ3) is 18.0. The fourth-order valence-electron chi connectivity index (χ4n) is 8.19. The molecule has 0 radical (unpaired) electrons. The summed E-state index contributed by atoms with van der Waals surface area (Å²) in [4.78, 5) is 0. The minimum absolute atomic E-state index is 0. The number of benzene rings is 4. The maximum Gasteiger partial charge on any atom is 0.0587 e. The second kappa shape index (κ2) is 24.8. The van der Waals surface area contributed by atoms with Crippen LogP contribution in [0.5, 0.6) is 23.0 Å². The van der Waals surface area contributed by atoms with Crippen LogP contribution in [0, 0.1) is 22.7 Å². The molecule has 0 aliphatic rings. The molecule has 0 unspecified atom stereocenters. The van der Waals surface area contributed by atoms with Crippen molar-refractivity contribution in [3.63, 3.8) is 0 Å². The largest absolute Gasteiger partial charge is 2.00 e. The third-order valence-corrected chi connectivity index (χ3v) is 13.0. The predicted octanol–water partition coefficient (Wildman–Crippen LogP) is 15.3. The van der Waals surface area contributed by atoms with Crippen LogP contribution in [0.2, 0.25) is 0 Å². The molecule has 0 fully saturated rings. The van der Waals surface area contributed by atoms with E-state index < -0.39 is 0 Å². The quantitative estimate of drug-likeness (QED) is 0.184. The van der Waals surface area contributed by atoms with Crippen LogP contribution in [0.4, 0.5) is 0 Å². The molecule has 0 saturated carbocycles. The van der Waals surface area contributed by atoms with Crippen LogP contribution in [0.25, 0.3) is 0 Å². The first-order valence-electron chi connectivity index (χ1n) is 25.2. The molecule has 0 N–H and O–H groups in total. The second-order valence-corrected chi connectivity index (χ2v) is 27.7. The molecule has 0 aliphatic carbocycles. The van der Waals surface area contributed by atoms with Gasteiger partial charge in [-0.25, -0.2) is 0 Å². The van der Waals surface area contributed by atoms with Crippen LogP contribution in [-0.2, 0) is 69.9 Å². The smallest absolute Gasteiger partial charge is 0.0587 e. The van der Waals surface area contributed by atoms with Crippen molar-refractivity contribution in [2.24, 2.45) is 0 Å². The van der Waals surface area contributed by atoms with Gasteiger partial charge in [-0.2, -0.15) is 10.5 Å². The number of nitrogens with zero attached hydrogens (tertiary/aromatic N) is 2. The minimum atomic E-state index is -0.276. The monoisotopic (exact) mass is 1070 g/mol. The molecule has 0 amide bonds. The zero-order valence-corrected chi connectivity index (χ0v) is 52.1. The average Bonchev–Trinajstić information content (AvgIpc) is 3.15. The van der Waals surface area contributed by atoms with Crippen molar-refractivity contribution in [1.29, 1.82) is 10.5 Å². The van der Waals surface area contributed by atoms with Gasteiger partial charge in [0.25, 0.3) is 0 Å². The van der Waals surface area contributed by atoms with Crippen LogP contribution < -0.4 is 20.4 Å². The van der Waals surface area contributed by atoms with E-state index in [0.717, 1.165) is 66.8 Å². The number of hydrogen-bond donors (Lipinski definition) is 0. The fraction of sp³-hybridized carbons (Fsp3) is 0.594. The maximum atomic E-state index is 13.7. The summed E-state index contributed by atoms with van der Waals surface area (Å²) < 4.78 is 0. The topological polar surface area (TPSA) is 168 Å². The number of hydrogen-bond acceptors (Lipinski definition) is 6. The molecule has 8 heteroatoms. The zero-order chi connectivity index (χ0) is 55.5. The summed E-state index contributed by atoms with van der Waals surface area (Å²) in [6.07, 6.45) is 0. The third-order valence-electron chi connectivity index (χ3n) is 13.0. The molecule has 4 aromatic rings. The molecule has 0 aliphatic heterocycles. The van der Waals surface area contributed by atoms with E-state index in [-0.39, 0.29) is 105 Å². The summed E-state index contributed by atoms with van der Waals surface area (Å²) in [5.41, 5.74) is 9.32. The van der Waals surface area contributed by atoms with Crippen molar-refractivity contribution < 1.29 is 47.0 Å². The Morgan fingerprint density at radius 2 is 0.444 bits per heavy atom. The van der Waals surface area contributed by atoms with Crippen molar-refractivity contribution in [3.05, 3.63) is 115 Å². The molecule has 0 atom stereocenters. The molecular weight excluding hydrogens is 973 g/mol. The first-order chi connectivity index (χ1) is 31.1. The maximum absolute atomic E-state index is 13.7. The first-order valence-corrected chi connectivity index (χ1v) is 25.2. The van der Waals surface area contributed by atoms with E-state index in [9.17, 15) is 20.4 Å². The van der Waals surface area contributed by atoms with Gasteiger partial charge in [-0.15, -0.1) is 23.0 Å². The van der Waals surface area contributed by atoms with Gasteiger partial charge in [-0.05, 0) is 110 Å². The van der Waals surface area contributed by atoms with Crippen LogP contribution in [-0.4, -0.2) is 0 Å². The Labute approximate surface area is 454 Å². The van der Waals surface area contributed by atoms with Gasteiger partial charge >= 0.3 is 0 Å². The van der Waals surface area contributed by atoms with Crippen molar-refractivity contribution in [2.45, 2.75) is 249 Å². The Bertz CT molecular complexity index is 2180. The molecule has 4 aromatic carbocycles. The van der Waals surface area contributed by atoms with Gasteiger partial charge in [0, 0.05) is 46.7 Å². The molecule has 72 heavy (non-hydrogen) atoms. The fourth-order valence-corrected chi connectivity index (χ4v) is 8.19. The second-order valence-electron chi connectivity index (χ2n) is 27.7. The van der Waals surface area contributed by atoms with E-state index in [4.69, 9.17) is 10.5 Å². The number of rotatable bonds is 4. The van der Waals surface area contributed by atoms with Gasteiger partial charge in [0.1, 0.15) is 0 Å². The Morgan fingerprint density at radius 3 is 0.542 bits per heavy atom. The summed E-state index contributed by atoms with van der Waals surface area (Å²) in [7, 11) is 0. The van der Waals surface area contributed by atoms with Crippen LogP contribution in [0.1, 0.15) is 272 Å². The summed E-state index contributed by atoms with van der Waals surface area (Å²) >= 11 is 0.